The number of rotatable bonds is 5. The molecule has 1 atom stereocenters. The lowest BCUT2D eigenvalue weighted by molar-refractivity contribution is 0.0946. The van der Waals surface area contributed by atoms with Crippen molar-refractivity contribution in [1.29, 1.82) is 0 Å². The van der Waals surface area contributed by atoms with Crippen LogP contribution in [0.2, 0.25) is 0 Å². The van der Waals surface area contributed by atoms with Gasteiger partial charge in [-0.3, -0.25) is 0 Å². The van der Waals surface area contributed by atoms with Gasteiger partial charge in [-0.25, -0.2) is 0 Å². The predicted octanol–water partition coefficient (Wildman–Crippen LogP) is 5.00. The number of allylic oxidation sites excluding steroid dienone is 1. The molecule has 2 heteroatoms. The molecule has 2 rings (SSSR count). The summed E-state index contributed by atoms with van der Waals surface area (Å²) in [6.45, 7) is 9.15. The van der Waals surface area contributed by atoms with Gasteiger partial charge in [0, 0.05) is 17.1 Å². The minimum Gasteiger partial charge on any atom is -0.399 e. The predicted molar refractivity (Wildman–Crippen MR) is 97.5 cm³/mol. The standard InChI is InChI=1S/C20H32N2/c1-5-19(6-2)13-16(15-9-11-17(21)12-10-15)14-20(7-3,8-4)18(19)22/h9-13,18H,5-8,14,21-22H2,1-4H3. The first-order valence-corrected chi connectivity index (χ1v) is 8.80. The number of benzene rings is 1. The molecule has 0 amide bonds. The summed E-state index contributed by atoms with van der Waals surface area (Å²) in [6.07, 6.45) is 8.03. The van der Waals surface area contributed by atoms with Crippen molar-refractivity contribution in [1.82, 2.24) is 0 Å². The van der Waals surface area contributed by atoms with Crippen LogP contribution in [0.1, 0.15) is 65.4 Å². The molecule has 0 spiro atoms. The van der Waals surface area contributed by atoms with Crippen molar-refractivity contribution in [2.24, 2.45) is 16.6 Å². The first kappa shape index (κ1) is 17.1. The zero-order valence-corrected chi connectivity index (χ0v) is 14.7. The van der Waals surface area contributed by atoms with Crippen LogP contribution in [0.5, 0.6) is 0 Å². The molecule has 0 fully saturated rings. The third-order valence-electron chi connectivity index (χ3n) is 6.29. The van der Waals surface area contributed by atoms with Crippen LogP contribution in [0, 0.1) is 10.8 Å². The van der Waals surface area contributed by atoms with Crippen molar-refractivity contribution < 1.29 is 0 Å². The van der Waals surface area contributed by atoms with Gasteiger partial charge in [0.2, 0.25) is 0 Å². The first-order chi connectivity index (χ1) is 10.5. The molecule has 122 valence electrons. The van der Waals surface area contributed by atoms with E-state index in [1.54, 1.807) is 0 Å². The molecule has 0 saturated carbocycles. The van der Waals surface area contributed by atoms with Crippen molar-refractivity contribution in [3.63, 3.8) is 0 Å². The molecule has 1 aliphatic carbocycles. The van der Waals surface area contributed by atoms with Crippen LogP contribution in [0.4, 0.5) is 5.69 Å². The van der Waals surface area contributed by atoms with E-state index in [0.717, 1.165) is 37.8 Å². The maximum absolute atomic E-state index is 6.84. The fraction of sp³-hybridized carbons (Fsp3) is 0.600. The molecular weight excluding hydrogens is 268 g/mol. The highest BCUT2D eigenvalue weighted by molar-refractivity contribution is 5.69. The van der Waals surface area contributed by atoms with Crippen LogP contribution in [-0.2, 0) is 0 Å². The summed E-state index contributed by atoms with van der Waals surface area (Å²) in [5.74, 6) is 0. The van der Waals surface area contributed by atoms with Crippen molar-refractivity contribution in [3.05, 3.63) is 35.9 Å². The fourth-order valence-corrected chi connectivity index (χ4v) is 4.30. The van der Waals surface area contributed by atoms with Crippen molar-refractivity contribution >= 4 is 11.3 Å². The summed E-state index contributed by atoms with van der Waals surface area (Å²) < 4.78 is 0. The Hall–Kier alpha value is -1.28. The molecule has 0 bridgehead atoms. The van der Waals surface area contributed by atoms with Crippen molar-refractivity contribution in [3.8, 4) is 0 Å². The van der Waals surface area contributed by atoms with Crippen LogP contribution >= 0.6 is 0 Å². The van der Waals surface area contributed by atoms with E-state index in [1.807, 2.05) is 12.1 Å². The van der Waals surface area contributed by atoms with Gasteiger partial charge in [0.15, 0.2) is 0 Å². The largest absolute Gasteiger partial charge is 0.399 e. The average Bonchev–Trinajstić information content (AvgIpc) is 2.56. The third-order valence-corrected chi connectivity index (χ3v) is 6.29. The van der Waals surface area contributed by atoms with E-state index in [-0.39, 0.29) is 16.9 Å². The maximum Gasteiger partial charge on any atom is 0.0314 e. The minimum absolute atomic E-state index is 0.112. The van der Waals surface area contributed by atoms with Crippen LogP contribution in [-0.4, -0.2) is 6.04 Å². The third kappa shape index (κ3) is 2.69. The minimum atomic E-state index is 0.112. The molecule has 22 heavy (non-hydrogen) atoms. The molecule has 0 radical (unpaired) electrons. The lowest BCUT2D eigenvalue weighted by Crippen LogP contribution is -2.54. The Morgan fingerprint density at radius 3 is 1.95 bits per heavy atom. The molecule has 1 aliphatic rings. The molecule has 0 saturated heterocycles. The molecular formula is C20H32N2. The van der Waals surface area contributed by atoms with Crippen LogP contribution < -0.4 is 11.5 Å². The average molecular weight is 300 g/mol. The van der Waals surface area contributed by atoms with E-state index in [9.17, 15) is 0 Å². The summed E-state index contributed by atoms with van der Waals surface area (Å²) >= 11 is 0. The molecule has 1 aromatic rings. The van der Waals surface area contributed by atoms with Crippen LogP contribution in [0.3, 0.4) is 0 Å². The highest BCUT2D eigenvalue weighted by atomic mass is 14.8. The summed E-state index contributed by atoms with van der Waals surface area (Å²) in [5.41, 5.74) is 16.6. The van der Waals surface area contributed by atoms with Gasteiger partial charge in [-0.05, 0) is 60.8 Å². The van der Waals surface area contributed by atoms with Gasteiger partial charge in [0.05, 0.1) is 0 Å². The fourth-order valence-electron chi connectivity index (χ4n) is 4.30. The van der Waals surface area contributed by atoms with E-state index >= 15 is 0 Å². The Labute approximate surface area is 136 Å². The van der Waals surface area contributed by atoms with Gasteiger partial charge in [0.25, 0.3) is 0 Å². The molecule has 4 N–H and O–H groups in total. The molecule has 0 heterocycles. The molecule has 0 aromatic heterocycles. The zero-order chi connectivity index (χ0) is 16.4. The van der Waals surface area contributed by atoms with Gasteiger partial charge >= 0.3 is 0 Å². The number of hydrogen-bond donors (Lipinski definition) is 2. The summed E-state index contributed by atoms with van der Waals surface area (Å²) in [4.78, 5) is 0. The summed E-state index contributed by atoms with van der Waals surface area (Å²) in [7, 11) is 0. The molecule has 0 aliphatic heterocycles. The Bertz CT molecular complexity index is 519. The van der Waals surface area contributed by atoms with E-state index in [1.165, 1.54) is 11.1 Å². The second kappa shape index (κ2) is 6.45. The number of nitrogens with two attached hydrogens (primary N) is 2. The first-order valence-electron chi connectivity index (χ1n) is 8.80. The summed E-state index contributed by atoms with van der Waals surface area (Å²) in [6, 6.07) is 8.56. The highest BCUT2D eigenvalue weighted by Crippen LogP contribution is 2.53. The maximum atomic E-state index is 6.84. The normalized spacial score (nSPS) is 23.1. The topological polar surface area (TPSA) is 52.0 Å². The Morgan fingerprint density at radius 2 is 1.50 bits per heavy atom. The lowest BCUT2D eigenvalue weighted by Gasteiger charge is -2.52. The number of anilines is 1. The van der Waals surface area contributed by atoms with Crippen LogP contribution in [0.15, 0.2) is 30.3 Å². The SMILES string of the molecule is CCC1(CC)C=C(c2ccc(N)cc2)CC(CC)(CC)C1N. The second-order valence-electron chi connectivity index (χ2n) is 6.96. The van der Waals surface area contributed by atoms with E-state index in [4.69, 9.17) is 11.5 Å². The van der Waals surface area contributed by atoms with Gasteiger partial charge in [-0.15, -0.1) is 0 Å². The van der Waals surface area contributed by atoms with Gasteiger partial charge < -0.3 is 11.5 Å². The Balaban J connectivity index is 2.55. The van der Waals surface area contributed by atoms with Crippen LogP contribution in [0.25, 0.3) is 5.57 Å². The van der Waals surface area contributed by atoms with Gasteiger partial charge in [-0.2, -0.15) is 0 Å². The Morgan fingerprint density at radius 1 is 0.955 bits per heavy atom. The van der Waals surface area contributed by atoms with E-state index < -0.39 is 0 Å². The summed E-state index contributed by atoms with van der Waals surface area (Å²) in [5, 5.41) is 0. The Kier molecular flexibility index (Phi) is 5.01. The smallest absolute Gasteiger partial charge is 0.0314 e. The molecule has 1 unspecified atom stereocenters. The van der Waals surface area contributed by atoms with Crippen molar-refractivity contribution in [2.45, 2.75) is 65.8 Å². The van der Waals surface area contributed by atoms with E-state index in [2.05, 4.69) is 45.9 Å². The number of nitrogen functional groups attached to an aromatic ring is 1. The second-order valence-corrected chi connectivity index (χ2v) is 6.96. The quantitative estimate of drug-likeness (QED) is 0.752. The van der Waals surface area contributed by atoms with Gasteiger partial charge in [0.1, 0.15) is 0 Å². The molecule has 1 aromatic carbocycles. The molecule has 2 nitrogen and oxygen atoms in total. The van der Waals surface area contributed by atoms with Crippen molar-refractivity contribution in [2.75, 3.05) is 5.73 Å². The zero-order valence-electron chi connectivity index (χ0n) is 14.7. The van der Waals surface area contributed by atoms with Gasteiger partial charge in [-0.1, -0.05) is 45.9 Å². The monoisotopic (exact) mass is 300 g/mol. The lowest BCUT2D eigenvalue weighted by atomic mass is 9.55. The highest BCUT2D eigenvalue weighted by Gasteiger charge is 2.48. The number of hydrogen-bond acceptors (Lipinski definition) is 2. The van der Waals surface area contributed by atoms with E-state index in [0.29, 0.717) is 0 Å².